The van der Waals surface area contributed by atoms with Gasteiger partial charge in [0.1, 0.15) is 5.69 Å². The van der Waals surface area contributed by atoms with Gasteiger partial charge < -0.3 is 5.73 Å². The zero-order valence-corrected chi connectivity index (χ0v) is 11.7. The van der Waals surface area contributed by atoms with Crippen molar-refractivity contribution in [3.05, 3.63) is 51.4 Å². The number of hydrogen-bond acceptors (Lipinski definition) is 2. The van der Waals surface area contributed by atoms with E-state index in [1.807, 2.05) is 31.2 Å². The number of hydrogen-bond donors (Lipinski definition) is 2. The van der Waals surface area contributed by atoms with E-state index in [1.165, 1.54) is 5.56 Å². The first-order valence-electron chi connectivity index (χ1n) is 6.60. The fourth-order valence-corrected chi connectivity index (χ4v) is 2.18. The minimum Gasteiger partial charge on any atom is -0.393 e. The Bertz CT molecular complexity index is 623. The summed E-state index contributed by atoms with van der Waals surface area (Å²) in [6, 6.07) is 8.05. The van der Waals surface area contributed by atoms with Crippen LogP contribution in [0.2, 0.25) is 0 Å². The van der Waals surface area contributed by atoms with Crippen molar-refractivity contribution in [3.8, 4) is 0 Å². The van der Waals surface area contributed by atoms with Gasteiger partial charge in [0.25, 0.3) is 5.56 Å². The third kappa shape index (κ3) is 2.89. The second-order valence-corrected chi connectivity index (χ2v) is 5.42. The summed E-state index contributed by atoms with van der Waals surface area (Å²) in [6.07, 6.45) is 0.793. The lowest BCUT2D eigenvalue weighted by Gasteiger charge is -2.06. The van der Waals surface area contributed by atoms with Crippen LogP contribution < -0.4 is 11.3 Å². The highest BCUT2D eigenvalue weighted by Gasteiger charge is 2.12. The number of benzene rings is 1. The largest absolute Gasteiger partial charge is 0.393 e. The molecular weight excluding hydrogens is 238 g/mol. The Hall–Kier alpha value is -1.97. The molecule has 4 nitrogen and oxygen atoms in total. The molecular formula is C15H21N3O. The minimum atomic E-state index is -0.126. The van der Waals surface area contributed by atoms with Gasteiger partial charge in [0.05, 0.1) is 12.2 Å². The first kappa shape index (κ1) is 13.5. The van der Waals surface area contributed by atoms with Crippen LogP contribution in [-0.4, -0.2) is 9.78 Å². The summed E-state index contributed by atoms with van der Waals surface area (Å²) < 4.78 is 1.59. The van der Waals surface area contributed by atoms with E-state index in [0.29, 0.717) is 18.2 Å². The van der Waals surface area contributed by atoms with Crippen molar-refractivity contribution in [1.82, 2.24) is 9.78 Å². The predicted octanol–water partition coefficient (Wildman–Crippen LogP) is 2.31. The van der Waals surface area contributed by atoms with E-state index in [0.717, 1.165) is 17.7 Å². The van der Waals surface area contributed by atoms with Crippen LogP contribution >= 0.6 is 0 Å². The number of nitrogens with zero attached hydrogens (tertiary/aromatic N) is 1. The van der Waals surface area contributed by atoms with Crippen LogP contribution in [0.4, 0.5) is 5.69 Å². The zero-order valence-electron chi connectivity index (χ0n) is 11.7. The highest BCUT2D eigenvalue weighted by Crippen LogP contribution is 2.12. The number of rotatable bonds is 4. The Labute approximate surface area is 113 Å². The van der Waals surface area contributed by atoms with Gasteiger partial charge in [-0.2, -0.15) is 0 Å². The second kappa shape index (κ2) is 5.34. The molecule has 102 valence electrons. The van der Waals surface area contributed by atoms with Crippen LogP contribution in [0.1, 0.15) is 30.7 Å². The molecule has 0 saturated heterocycles. The van der Waals surface area contributed by atoms with Gasteiger partial charge in [0.15, 0.2) is 0 Å². The lowest BCUT2D eigenvalue weighted by Crippen LogP contribution is -2.19. The second-order valence-electron chi connectivity index (χ2n) is 5.42. The third-order valence-corrected chi connectivity index (χ3v) is 3.27. The van der Waals surface area contributed by atoms with Gasteiger partial charge in [0, 0.05) is 0 Å². The van der Waals surface area contributed by atoms with Crippen molar-refractivity contribution in [2.24, 2.45) is 5.92 Å². The molecule has 0 unspecified atom stereocenters. The summed E-state index contributed by atoms with van der Waals surface area (Å²) in [5.74, 6) is 0.465. The first-order valence-corrected chi connectivity index (χ1v) is 6.60. The molecule has 0 bridgehead atoms. The third-order valence-electron chi connectivity index (χ3n) is 3.27. The average molecular weight is 259 g/mol. The number of H-pyrrole nitrogens is 1. The van der Waals surface area contributed by atoms with E-state index in [-0.39, 0.29) is 5.56 Å². The molecule has 0 aliphatic rings. The van der Waals surface area contributed by atoms with Gasteiger partial charge in [-0.3, -0.25) is 9.89 Å². The standard InChI is InChI=1S/C15H21N3O/c1-10(2)8-13-14(16)15(19)18(17-13)9-12-7-5-4-6-11(12)3/h4-7,10,17H,8-9,16H2,1-3H3. The molecule has 0 saturated carbocycles. The molecule has 0 amide bonds. The van der Waals surface area contributed by atoms with E-state index in [9.17, 15) is 4.79 Å². The van der Waals surface area contributed by atoms with Gasteiger partial charge in [-0.15, -0.1) is 0 Å². The van der Waals surface area contributed by atoms with E-state index in [4.69, 9.17) is 5.73 Å². The summed E-state index contributed by atoms with van der Waals surface area (Å²) >= 11 is 0. The highest BCUT2D eigenvalue weighted by molar-refractivity contribution is 5.41. The lowest BCUT2D eigenvalue weighted by molar-refractivity contribution is 0.602. The number of nitrogens with one attached hydrogen (secondary N) is 1. The SMILES string of the molecule is Cc1ccccc1Cn1[nH]c(CC(C)C)c(N)c1=O. The van der Waals surface area contributed by atoms with Crippen molar-refractivity contribution < 1.29 is 0 Å². The molecule has 1 heterocycles. The average Bonchev–Trinajstić information content (AvgIpc) is 2.60. The molecule has 1 aromatic heterocycles. The number of aryl methyl sites for hydroxylation is 1. The normalized spacial score (nSPS) is 11.2. The number of nitrogen functional groups attached to an aromatic ring is 1. The molecule has 19 heavy (non-hydrogen) atoms. The van der Waals surface area contributed by atoms with Crippen LogP contribution in [0.5, 0.6) is 0 Å². The fraction of sp³-hybridized carbons (Fsp3) is 0.400. The maximum absolute atomic E-state index is 12.1. The summed E-state index contributed by atoms with van der Waals surface area (Å²) in [4.78, 5) is 12.1. The van der Waals surface area contributed by atoms with Crippen molar-refractivity contribution >= 4 is 5.69 Å². The van der Waals surface area contributed by atoms with E-state index < -0.39 is 0 Å². The van der Waals surface area contributed by atoms with Gasteiger partial charge >= 0.3 is 0 Å². The Kier molecular flexibility index (Phi) is 3.79. The predicted molar refractivity (Wildman–Crippen MR) is 78.3 cm³/mol. The first-order chi connectivity index (χ1) is 8.99. The van der Waals surface area contributed by atoms with Crippen molar-refractivity contribution in [1.29, 1.82) is 0 Å². The zero-order chi connectivity index (χ0) is 14.0. The highest BCUT2D eigenvalue weighted by atomic mass is 16.1. The summed E-state index contributed by atoms with van der Waals surface area (Å²) in [7, 11) is 0. The monoisotopic (exact) mass is 259 g/mol. The van der Waals surface area contributed by atoms with Gasteiger partial charge in [-0.1, -0.05) is 38.1 Å². The molecule has 0 fully saturated rings. The van der Waals surface area contributed by atoms with Gasteiger partial charge in [-0.25, -0.2) is 4.68 Å². The Morgan fingerprint density at radius 3 is 2.63 bits per heavy atom. The topological polar surface area (TPSA) is 63.8 Å². The number of anilines is 1. The number of aromatic amines is 1. The molecule has 0 aliphatic carbocycles. The van der Waals surface area contributed by atoms with Crippen molar-refractivity contribution in [2.45, 2.75) is 33.7 Å². The summed E-state index contributed by atoms with van der Waals surface area (Å²) in [6.45, 7) is 6.79. The molecule has 1 aromatic carbocycles. The summed E-state index contributed by atoms with van der Waals surface area (Å²) in [5.41, 5.74) is 9.24. The fourth-order valence-electron chi connectivity index (χ4n) is 2.18. The Morgan fingerprint density at radius 1 is 1.32 bits per heavy atom. The van der Waals surface area contributed by atoms with Crippen LogP contribution in [0.15, 0.2) is 29.1 Å². The maximum Gasteiger partial charge on any atom is 0.290 e. The van der Waals surface area contributed by atoms with Crippen LogP contribution in [0.3, 0.4) is 0 Å². The Morgan fingerprint density at radius 2 is 2.00 bits per heavy atom. The minimum absolute atomic E-state index is 0.126. The molecule has 4 heteroatoms. The van der Waals surface area contributed by atoms with E-state index in [1.54, 1.807) is 4.68 Å². The number of nitrogens with two attached hydrogens (primary N) is 1. The van der Waals surface area contributed by atoms with E-state index in [2.05, 4.69) is 18.9 Å². The molecule has 2 rings (SSSR count). The molecule has 0 atom stereocenters. The molecule has 3 N–H and O–H groups in total. The van der Waals surface area contributed by atoms with E-state index >= 15 is 0 Å². The molecule has 2 aromatic rings. The van der Waals surface area contributed by atoms with Gasteiger partial charge in [0.2, 0.25) is 0 Å². The smallest absolute Gasteiger partial charge is 0.290 e. The summed E-state index contributed by atoms with van der Waals surface area (Å²) in [5, 5.41) is 3.14. The number of aromatic nitrogens is 2. The van der Waals surface area contributed by atoms with Gasteiger partial charge in [-0.05, 0) is 30.4 Å². The Balaban J connectivity index is 2.32. The molecule has 0 spiro atoms. The quantitative estimate of drug-likeness (QED) is 0.885. The van der Waals surface area contributed by atoms with Crippen LogP contribution in [-0.2, 0) is 13.0 Å². The lowest BCUT2D eigenvalue weighted by atomic mass is 10.1. The van der Waals surface area contributed by atoms with Crippen LogP contribution in [0.25, 0.3) is 0 Å². The molecule has 0 aliphatic heterocycles. The van der Waals surface area contributed by atoms with Crippen LogP contribution in [0, 0.1) is 12.8 Å². The maximum atomic E-state index is 12.1. The van der Waals surface area contributed by atoms with Crippen molar-refractivity contribution in [2.75, 3.05) is 5.73 Å². The van der Waals surface area contributed by atoms with Crippen molar-refractivity contribution in [3.63, 3.8) is 0 Å². The molecule has 0 radical (unpaired) electrons.